The van der Waals surface area contributed by atoms with Crippen LogP contribution in [-0.4, -0.2) is 41.5 Å². The van der Waals surface area contributed by atoms with Crippen molar-refractivity contribution in [1.29, 1.82) is 0 Å². The Morgan fingerprint density at radius 2 is 2.12 bits per heavy atom. The predicted octanol–water partition coefficient (Wildman–Crippen LogP) is 2.07. The topological polar surface area (TPSA) is 71.5 Å². The van der Waals surface area contributed by atoms with Gasteiger partial charge in [-0.15, -0.1) is 0 Å². The van der Waals surface area contributed by atoms with Crippen molar-refractivity contribution in [3.63, 3.8) is 0 Å². The average Bonchev–Trinajstić information content (AvgIpc) is 2.58. The van der Waals surface area contributed by atoms with E-state index in [1.807, 2.05) is 6.92 Å². The van der Waals surface area contributed by atoms with E-state index in [2.05, 4.69) is 10.3 Å². The number of ether oxygens (including phenoxy) is 1. The number of benzene rings is 1. The largest absolute Gasteiger partial charge is 0.356 e. The summed E-state index contributed by atoms with van der Waals surface area (Å²) in [5.74, 6) is -0.916. The zero-order valence-corrected chi connectivity index (χ0v) is 13.9. The minimum Gasteiger partial charge on any atom is -0.356 e. The summed E-state index contributed by atoms with van der Waals surface area (Å²) in [5.41, 5.74) is 1.17. The van der Waals surface area contributed by atoms with Crippen LogP contribution in [-0.2, 0) is 14.3 Å². The fourth-order valence-electron chi connectivity index (χ4n) is 2.82. The summed E-state index contributed by atoms with van der Waals surface area (Å²) in [4.78, 5) is 30.1. The molecule has 0 saturated carbocycles. The van der Waals surface area contributed by atoms with E-state index in [1.54, 1.807) is 36.5 Å². The number of rotatable bonds is 3. The molecular formula is C18H18FN3O3. The van der Waals surface area contributed by atoms with E-state index in [0.29, 0.717) is 5.82 Å². The quantitative estimate of drug-likeness (QED) is 0.926. The first-order valence-electron chi connectivity index (χ1n) is 7.82. The highest BCUT2D eigenvalue weighted by Crippen LogP contribution is 2.31. The van der Waals surface area contributed by atoms with E-state index in [0.717, 1.165) is 5.56 Å². The molecule has 0 spiro atoms. The third kappa shape index (κ3) is 3.51. The van der Waals surface area contributed by atoms with Gasteiger partial charge in [-0.3, -0.25) is 9.59 Å². The number of hydrogen-bond acceptors (Lipinski definition) is 4. The second kappa shape index (κ2) is 6.98. The van der Waals surface area contributed by atoms with Gasteiger partial charge >= 0.3 is 0 Å². The van der Waals surface area contributed by atoms with Crippen molar-refractivity contribution in [3.05, 3.63) is 59.5 Å². The summed E-state index contributed by atoms with van der Waals surface area (Å²) in [5, 5.41) is 2.67. The fourth-order valence-corrected chi connectivity index (χ4v) is 2.82. The maximum Gasteiger partial charge on any atom is 0.257 e. The summed E-state index contributed by atoms with van der Waals surface area (Å²) in [6, 6.07) is 8.71. The van der Waals surface area contributed by atoms with Crippen LogP contribution in [0.4, 0.5) is 10.2 Å². The Kier molecular flexibility index (Phi) is 4.76. The molecule has 130 valence electrons. The fraction of sp³-hybridized carbons (Fsp3) is 0.278. The summed E-state index contributed by atoms with van der Waals surface area (Å²) in [7, 11) is 1.53. The summed E-state index contributed by atoms with van der Waals surface area (Å²) in [6.07, 6.45) is 0.540. The van der Waals surface area contributed by atoms with E-state index in [4.69, 9.17) is 4.74 Å². The zero-order chi connectivity index (χ0) is 18.0. The van der Waals surface area contributed by atoms with Gasteiger partial charge in [-0.1, -0.05) is 18.2 Å². The lowest BCUT2D eigenvalue weighted by atomic mass is 9.97. The Labute approximate surface area is 144 Å². The van der Waals surface area contributed by atoms with Gasteiger partial charge in [0.05, 0.1) is 6.04 Å². The molecule has 0 bridgehead atoms. The monoisotopic (exact) mass is 343 g/mol. The number of aromatic nitrogens is 1. The van der Waals surface area contributed by atoms with Crippen LogP contribution in [0, 0.1) is 12.7 Å². The molecule has 1 saturated heterocycles. The van der Waals surface area contributed by atoms with Crippen LogP contribution in [0.3, 0.4) is 0 Å². The highest BCUT2D eigenvalue weighted by Gasteiger charge is 2.41. The zero-order valence-electron chi connectivity index (χ0n) is 13.9. The van der Waals surface area contributed by atoms with Crippen molar-refractivity contribution in [2.24, 2.45) is 0 Å². The smallest absolute Gasteiger partial charge is 0.257 e. The van der Waals surface area contributed by atoms with Crippen LogP contribution >= 0.6 is 0 Å². The number of likely N-dealkylation sites (N-methyl/N-ethyl adjacent to an activating group) is 1. The van der Waals surface area contributed by atoms with E-state index in [1.165, 1.54) is 18.0 Å². The molecule has 0 unspecified atom stereocenters. The maximum atomic E-state index is 14.3. The van der Waals surface area contributed by atoms with Gasteiger partial charge in [0.1, 0.15) is 18.2 Å². The molecule has 7 heteroatoms. The molecule has 1 fully saturated rings. The lowest BCUT2D eigenvalue weighted by Crippen LogP contribution is -2.51. The first kappa shape index (κ1) is 17.0. The van der Waals surface area contributed by atoms with Crippen LogP contribution in [0.1, 0.15) is 17.2 Å². The van der Waals surface area contributed by atoms with Gasteiger partial charge in [0.15, 0.2) is 6.10 Å². The first-order valence-corrected chi connectivity index (χ1v) is 7.82. The summed E-state index contributed by atoms with van der Waals surface area (Å²) >= 11 is 0. The number of nitrogens with zero attached hydrogens (tertiary/aromatic N) is 2. The van der Waals surface area contributed by atoms with Gasteiger partial charge in [0.2, 0.25) is 5.91 Å². The van der Waals surface area contributed by atoms with Crippen molar-refractivity contribution < 1.29 is 18.7 Å². The average molecular weight is 343 g/mol. The number of aryl methyl sites for hydroxylation is 1. The Hall–Kier alpha value is -2.80. The van der Waals surface area contributed by atoms with Gasteiger partial charge in [0.25, 0.3) is 5.91 Å². The molecule has 1 aromatic carbocycles. The van der Waals surface area contributed by atoms with E-state index in [9.17, 15) is 14.0 Å². The molecule has 1 aliphatic rings. The Bertz CT molecular complexity index is 812. The Morgan fingerprint density at radius 1 is 1.36 bits per heavy atom. The normalized spacial score (nSPS) is 20.4. The minimum atomic E-state index is -1.04. The third-order valence-electron chi connectivity index (χ3n) is 4.13. The Morgan fingerprint density at radius 3 is 2.84 bits per heavy atom. The molecule has 2 heterocycles. The van der Waals surface area contributed by atoms with Crippen LogP contribution in [0.5, 0.6) is 0 Å². The summed E-state index contributed by atoms with van der Waals surface area (Å²) < 4.78 is 19.7. The van der Waals surface area contributed by atoms with Crippen molar-refractivity contribution >= 4 is 17.6 Å². The number of morpholine rings is 1. The molecule has 2 atom stereocenters. The molecule has 0 radical (unpaired) electrons. The standard InChI is InChI=1S/C18H18FN3O3/c1-11-7-8-20-14(9-11)21-18(24)17-16(22(2)15(23)10-25-17)12-5-3-4-6-13(12)19/h3-9,16-17H,10H2,1-2H3,(H,20,21,24)/t16-,17+/m0/s1. The van der Waals surface area contributed by atoms with E-state index < -0.39 is 23.9 Å². The molecule has 2 amide bonds. The molecule has 1 N–H and O–H groups in total. The molecule has 1 aliphatic heterocycles. The number of carbonyl (C=O) groups excluding carboxylic acids is 2. The number of amides is 2. The van der Waals surface area contributed by atoms with Gasteiger partial charge in [0, 0.05) is 18.8 Å². The van der Waals surface area contributed by atoms with Gasteiger partial charge in [-0.25, -0.2) is 9.37 Å². The maximum absolute atomic E-state index is 14.3. The van der Waals surface area contributed by atoms with E-state index in [-0.39, 0.29) is 18.1 Å². The number of hydrogen-bond donors (Lipinski definition) is 1. The van der Waals surface area contributed by atoms with Gasteiger partial charge in [-0.05, 0) is 30.7 Å². The summed E-state index contributed by atoms with van der Waals surface area (Å²) in [6.45, 7) is 1.64. The molecule has 2 aromatic rings. The highest BCUT2D eigenvalue weighted by atomic mass is 19.1. The second-order valence-corrected chi connectivity index (χ2v) is 5.91. The Balaban J connectivity index is 1.90. The van der Waals surface area contributed by atoms with Crippen LogP contribution < -0.4 is 5.32 Å². The number of halogens is 1. The van der Waals surface area contributed by atoms with Crippen LogP contribution in [0.2, 0.25) is 0 Å². The van der Waals surface area contributed by atoms with Crippen molar-refractivity contribution in [2.75, 3.05) is 19.0 Å². The second-order valence-electron chi connectivity index (χ2n) is 5.91. The van der Waals surface area contributed by atoms with Crippen LogP contribution in [0.15, 0.2) is 42.6 Å². The van der Waals surface area contributed by atoms with Crippen LogP contribution in [0.25, 0.3) is 0 Å². The van der Waals surface area contributed by atoms with Crippen molar-refractivity contribution in [3.8, 4) is 0 Å². The SMILES string of the molecule is Cc1ccnc(NC(=O)[C@@H]2OCC(=O)N(C)[C@H]2c2ccccc2F)c1. The highest BCUT2D eigenvalue weighted by molar-refractivity contribution is 5.95. The minimum absolute atomic E-state index is 0.232. The van der Waals surface area contributed by atoms with E-state index >= 15 is 0 Å². The van der Waals surface area contributed by atoms with Crippen molar-refractivity contribution in [2.45, 2.75) is 19.1 Å². The van der Waals surface area contributed by atoms with Gasteiger partial charge < -0.3 is 15.0 Å². The van der Waals surface area contributed by atoms with Gasteiger partial charge in [-0.2, -0.15) is 0 Å². The molecule has 1 aromatic heterocycles. The molecule has 0 aliphatic carbocycles. The predicted molar refractivity (Wildman–Crippen MR) is 89.3 cm³/mol. The molecule has 25 heavy (non-hydrogen) atoms. The number of pyridine rings is 1. The third-order valence-corrected chi connectivity index (χ3v) is 4.13. The number of carbonyl (C=O) groups is 2. The van der Waals surface area contributed by atoms with Crippen molar-refractivity contribution in [1.82, 2.24) is 9.88 Å². The molecular weight excluding hydrogens is 325 g/mol. The lowest BCUT2D eigenvalue weighted by molar-refractivity contribution is -0.160. The first-order chi connectivity index (χ1) is 12.0. The molecule has 3 rings (SSSR count). The molecule has 6 nitrogen and oxygen atoms in total. The number of nitrogens with one attached hydrogen (secondary N) is 1. The lowest BCUT2D eigenvalue weighted by Gasteiger charge is -2.38. The number of anilines is 1.